The lowest BCUT2D eigenvalue weighted by molar-refractivity contribution is -0.122. The largest absolute Gasteiger partial charge is 0.276 e. The van der Waals surface area contributed by atoms with Crippen LogP contribution in [-0.2, 0) is 10.5 Å². The molecular formula is C21H15ClN4OS3. The summed E-state index contributed by atoms with van der Waals surface area (Å²) in [6.45, 7) is 0. The predicted octanol–water partition coefficient (Wildman–Crippen LogP) is 5.48. The predicted molar refractivity (Wildman–Crippen MR) is 125 cm³/mol. The summed E-state index contributed by atoms with van der Waals surface area (Å²) in [5.41, 5.74) is 2.07. The molecule has 1 aliphatic heterocycles. The van der Waals surface area contributed by atoms with Crippen LogP contribution in [0.5, 0.6) is 0 Å². The molecule has 2 aromatic carbocycles. The summed E-state index contributed by atoms with van der Waals surface area (Å²) < 4.78 is 2.17. The molecule has 150 valence electrons. The number of carbonyl (C=O) groups excluding carboxylic acids is 1. The van der Waals surface area contributed by atoms with Crippen LogP contribution in [0, 0.1) is 0 Å². The number of hydrogen-bond donors (Lipinski definition) is 0. The van der Waals surface area contributed by atoms with Crippen LogP contribution in [0.15, 0.2) is 65.0 Å². The highest BCUT2D eigenvalue weighted by atomic mass is 35.5. The molecule has 2 aromatic heterocycles. The standard InChI is InChI=1S/C21H15ClN4OS3/c22-18-15(11-10-13-6-2-1-3-7-13)26(19(18)27)20-25-24-17(30-20)12-28-21-23-14-8-4-5-9-16(14)29-21/h1-11,15,18H,12H2/b11-10+. The fourth-order valence-corrected chi connectivity index (χ4v) is 6.34. The van der Waals surface area contributed by atoms with Crippen LogP contribution in [-0.4, -0.2) is 32.5 Å². The Morgan fingerprint density at radius 2 is 1.87 bits per heavy atom. The third-order valence-corrected chi connectivity index (χ3v) is 8.35. The van der Waals surface area contributed by atoms with E-state index in [9.17, 15) is 4.79 Å². The van der Waals surface area contributed by atoms with Gasteiger partial charge in [-0.25, -0.2) is 4.98 Å². The minimum Gasteiger partial charge on any atom is -0.276 e. The number of halogens is 1. The van der Waals surface area contributed by atoms with Gasteiger partial charge in [-0.3, -0.25) is 9.69 Å². The number of rotatable bonds is 6. The van der Waals surface area contributed by atoms with Crippen LogP contribution in [0.2, 0.25) is 0 Å². The van der Waals surface area contributed by atoms with E-state index in [2.05, 4.69) is 21.2 Å². The Morgan fingerprint density at radius 3 is 2.70 bits per heavy atom. The average molecular weight is 471 g/mol. The summed E-state index contributed by atoms with van der Waals surface area (Å²) in [5.74, 6) is 0.523. The van der Waals surface area contributed by atoms with Crippen LogP contribution >= 0.6 is 46.0 Å². The lowest BCUT2D eigenvalue weighted by Crippen LogP contribution is -2.61. The van der Waals surface area contributed by atoms with Gasteiger partial charge in [0.2, 0.25) is 11.0 Å². The molecule has 0 aliphatic carbocycles. The molecule has 1 saturated heterocycles. The minimum atomic E-state index is -0.575. The summed E-state index contributed by atoms with van der Waals surface area (Å²) in [7, 11) is 0. The summed E-state index contributed by atoms with van der Waals surface area (Å²) >= 11 is 11.0. The number of fused-ring (bicyclic) bond motifs is 1. The molecule has 0 bridgehead atoms. The highest BCUT2D eigenvalue weighted by Gasteiger charge is 2.47. The van der Waals surface area contributed by atoms with Gasteiger partial charge in [0.1, 0.15) is 10.4 Å². The first-order valence-corrected chi connectivity index (χ1v) is 12.3. The van der Waals surface area contributed by atoms with Gasteiger partial charge >= 0.3 is 0 Å². The second-order valence-electron chi connectivity index (χ2n) is 6.58. The van der Waals surface area contributed by atoms with Crippen molar-refractivity contribution in [2.75, 3.05) is 4.90 Å². The summed E-state index contributed by atoms with van der Waals surface area (Å²) in [5, 5.41) is 9.36. The Balaban J connectivity index is 1.27. The van der Waals surface area contributed by atoms with Crippen molar-refractivity contribution in [3.8, 4) is 0 Å². The molecule has 2 unspecified atom stereocenters. The molecule has 5 rings (SSSR count). The van der Waals surface area contributed by atoms with E-state index in [1.165, 1.54) is 16.0 Å². The second kappa shape index (κ2) is 8.47. The molecule has 0 radical (unpaired) electrons. The van der Waals surface area contributed by atoms with Gasteiger partial charge in [0.25, 0.3) is 0 Å². The lowest BCUT2D eigenvalue weighted by Gasteiger charge is -2.40. The van der Waals surface area contributed by atoms with Crippen molar-refractivity contribution in [1.82, 2.24) is 15.2 Å². The number of amides is 1. The molecule has 0 N–H and O–H groups in total. The van der Waals surface area contributed by atoms with Crippen LogP contribution in [0.25, 0.3) is 16.3 Å². The monoisotopic (exact) mass is 470 g/mol. The maximum Gasteiger partial charge on any atom is 0.249 e. The van der Waals surface area contributed by atoms with Crippen LogP contribution < -0.4 is 4.90 Å². The van der Waals surface area contributed by atoms with E-state index in [0.717, 1.165) is 20.4 Å². The van der Waals surface area contributed by atoms with Gasteiger partial charge in [0.05, 0.1) is 22.0 Å². The number of anilines is 1. The molecule has 1 aliphatic rings. The van der Waals surface area contributed by atoms with Crippen molar-refractivity contribution in [2.45, 2.75) is 21.5 Å². The number of para-hydroxylation sites is 1. The number of hydrogen-bond acceptors (Lipinski definition) is 7. The van der Waals surface area contributed by atoms with Gasteiger partial charge in [0, 0.05) is 0 Å². The van der Waals surface area contributed by atoms with Crippen molar-refractivity contribution in [1.29, 1.82) is 0 Å². The molecule has 5 nitrogen and oxygen atoms in total. The number of β-lactam (4-membered cyclic amide) rings is 1. The van der Waals surface area contributed by atoms with Crippen LogP contribution in [0.4, 0.5) is 5.13 Å². The molecule has 2 atom stereocenters. The van der Waals surface area contributed by atoms with Gasteiger partial charge in [-0.2, -0.15) is 0 Å². The topological polar surface area (TPSA) is 59.0 Å². The van der Waals surface area contributed by atoms with Gasteiger partial charge in [-0.05, 0) is 17.7 Å². The third-order valence-electron chi connectivity index (χ3n) is 4.61. The maximum absolute atomic E-state index is 12.4. The normalized spacial score (nSPS) is 19.0. The fraction of sp³-hybridized carbons (Fsp3) is 0.143. The quantitative estimate of drug-likeness (QED) is 0.212. The zero-order valence-corrected chi connectivity index (χ0v) is 18.7. The summed E-state index contributed by atoms with van der Waals surface area (Å²) in [6.07, 6.45) is 3.93. The van der Waals surface area contributed by atoms with Crippen molar-refractivity contribution in [3.05, 3.63) is 71.2 Å². The van der Waals surface area contributed by atoms with Gasteiger partial charge in [-0.15, -0.1) is 33.1 Å². The van der Waals surface area contributed by atoms with Crippen LogP contribution in [0.3, 0.4) is 0 Å². The smallest absolute Gasteiger partial charge is 0.249 e. The van der Waals surface area contributed by atoms with E-state index in [1.807, 2.05) is 60.7 Å². The number of benzene rings is 2. The number of alkyl halides is 1. The molecule has 0 saturated carbocycles. The maximum atomic E-state index is 12.4. The molecule has 3 heterocycles. The lowest BCUT2D eigenvalue weighted by atomic mass is 10.0. The number of nitrogens with zero attached hydrogens (tertiary/aromatic N) is 4. The first kappa shape index (κ1) is 19.7. The number of thioether (sulfide) groups is 1. The highest BCUT2D eigenvalue weighted by molar-refractivity contribution is 8.00. The van der Waals surface area contributed by atoms with E-state index in [0.29, 0.717) is 10.9 Å². The Bertz CT molecular complexity index is 1190. The zero-order valence-electron chi connectivity index (χ0n) is 15.5. The SMILES string of the molecule is O=C1C(Cl)C(/C=C/c2ccccc2)N1c1nnc(CSc2nc3ccccc3s2)s1. The number of carbonyl (C=O) groups is 1. The molecular weight excluding hydrogens is 456 g/mol. The third kappa shape index (κ3) is 3.88. The highest BCUT2D eigenvalue weighted by Crippen LogP contribution is 2.37. The molecule has 1 fully saturated rings. The van der Waals surface area contributed by atoms with Crippen LogP contribution in [0.1, 0.15) is 10.6 Å². The van der Waals surface area contributed by atoms with E-state index < -0.39 is 5.38 Å². The first-order chi connectivity index (χ1) is 14.7. The second-order valence-corrected chi connectivity index (χ2v) is 10.3. The van der Waals surface area contributed by atoms with E-state index in [-0.39, 0.29) is 11.9 Å². The zero-order chi connectivity index (χ0) is 20.5. The van der Waals surface area contributed by atoms with Gasteiger partial charge in [-0.1, -0.05) is 77.7 Å². The summed E-state index contributed by atoms with van der Waals surface area (Å²) in [6, 6.07) is 17.8. The molecule has 0 spiro atoms. The van der Waals surface area contributed by atoms with Crippen molar-refractivity contribution >= 4 is 73.4 Å². The minimum absolute atomic E-state index is 0.138. The summed E-state index contributed by atoms with van der Waals surface area (Å²) in [4.78, 5) is 18.6. The Labute approximate surface area is 190 Å². The number of thiazole rings is 1. The molecule has 1 amide bonds. The molecule has 4 aromatic rings. The fourth-order valence-electron chi connectivity index (χ4n) is 3.09. The van der Waals surface area contributed by atoms with Crippen molar-refractivity contribution < 1.29 is 4.79 Å². The van der Waals surface area contributed by atoms with Crippen molar-refractivity contribution in [3.63, 3.8) is 0 Å². The Kier molecular flexibility index (Phi) is 5.56. The van der Waals surface area contributed by atoms with E-state index in [4.69, 9.17) is 11.6 Å². The first-order valence-electron chi connectivity index (χ1n) is 9.20. The van der Waals surface area contributed by atoms with Crippen molar-refractivity contribution in [2.24, 2.45) is 0 Å². The van der Waals surface area contributed by atoms with Gasteiger partial charge in [0.15, 0.2) is 4.34 Å². The van der Waals surface area contributed by atoms with E-state index in [1.54, 1.807) is 28.0 Å². The average Bonchev–Trinajstić information content (AvgIpc) is 3.41. The Morgan fingerprint density at radius 1 is 1.07 bits per heavy atom. The Hall–Kier alpha value is -2.26. The van der Waals surface area contributed by atoms with E-state index >= 15 is 0 Å². The number of aromatic nitrogens is 3. The molecule has 30 heavy (non-hydrogen) atoms. The molecule has 9 heteroatoms. The van der Waals surface area contributed by atoms with Gasteiger partial charge < -0.3 is 0 Å².